The van der Waals surface area contributed by atoms with Gasteiger partial charge in [-0.15, -0.1) is 0 Å². The number of aryl methyl sites for hydroxylation is 1. The van der Waals surface area contributed by atoms with Crippen LogP contribution in [0.3, 0.4) is 0 Å². The van der Waals surface area contributed by atoms with Gasteiger partial charge in [-0.2, -0.15) is 5.10 Å². The molecule has 0 aliphatic carbocycles. The Morgan fingerprint density at radius 2 is 2.05 bits per heavy atom. The summed E-state index contributed by atoms with van der Waals surface area (Å²) in [5.41, 5.74) is 2.57. The summed E-state index contributed by atoms with van der Waals surface area (Å²) >= 11 is 0. The first-order chi connectivity index (χ1) is 9.11. The Hall–Kier alpha value is -2.56. The summed E-state index contributed by atoms with van der Waals surface area (Å²) in [4.78, 5) is 10.6. The summed E-state index contributed by atoms with van der Waals surface area (Å²) in [5.74, 6) is -0.210. The van der Waals surface area contributed by atoms with E-state index in [1.165, 1.54) is 6.08 Å². The van der Waals surface area contributed by atoms with Gasteiger partial charge in [-0.3, -0.25) is 4.68 Å². The van der Waals surface area contributed by atoms with Gasteiger partial charge in [-0.1, -0.05) is 0 Å². The van der Waals surface area contributed by atoms with Crippen molar-refractivity contribution >= 4 is 12.0 Å². The number of carbonyl (C=O) groups is 1. The highest BCUT2D eigenvalue weighted by molar-refractivity contribution is 5.87. The number of carboxylic acid groups (broad SMARTS) is 1. The molecule has 0 aliphatic rings. The molecule has 1 heterocycles. The zero-order chi connectivity index (χ0) is 13.8. The zero-order valence-corrected chi connectivity index (χ0v) is 10.7. The third-order valence-corrected chi connectivity index (χ3v) is 2.74. The molecule has 5 heteroatoms. The fourth-order valence-electron chi connectivity index (χ4n) is 1.84. The Bertz CT molecular complexity index is 612. The fraction of sp³-hybridized carbons (Fsp3) is 0.143. The van der Waals surface area contributed by atoms with E-state index < -0.39 is 5.97 Å². The second kappa shape index (κ2) is 5.39. The van der Waals surface area contributed by atoms with Crippen LogP contribution in [0, 0.1) is 0 Å². The molecule has 0 unspecified atom stereocenters. The molecule has 98 valence electrons. The van der Waals surface area contributed by atoms with E-state index in [0.717, 1.165) is 28.6 Å². The minimum Gasteiger partial charge on any atom is -0.497 e. The van der Waals surface area contributed by atoms with Crippen molar-refractivity contribution < 1.29 is 14.6 Å². The lowest BCUT2D eigenvalue weighted by Gasteiger charge is -2.05. The van der Waals surface area contributed by atoms with Gasteiger partial charge in [0.05, 0.1) is 19.0 Å². The molecule has 2 rings (SSSR count). The molecular formula is C14H14N2O3. The molecule has 1 N–H and O–H groups in total. The summed E-state index contributed by atoms with van der Waals surface area (Å²) in [5, 5.41) is 12.8. The highest BCUT2D eigenvalue weighted by Gasteiger charge is 2.09. The molecule has 0 saturated heterocycles. The van der Waals surface area contributed by atoms with E-state index >= 15 is 0 Å². The van der Waals surface area contributed by atoms with Crippen LogP contribution < -0.4 is 4.74 Å². The van der Waals surface area contributed by atoms with Crippen LogP contribution >= 0.6 is 0 Å². The number of hydrogen-bond acceptors (Lipinski definition) is 3. The lowest BCUT2D eigenvalue weighted by Crippen LogP contribution is -1.94. The summed E-state index contributed by atoms with van der Waals surface area (Å²) in [6.07, 6.45) is 4.28. The lowest BCUT2D eigenvalue weighted by atomic mass is 10.1. The van der Waals surface area contributed by atoms with Gasteiger partial charge < -0.3 is 9.84 Å². The first kappa shape index (κ1) is 12.9. The predicted octanol–water partition coefficient (Wildman–Crippen LogP) is 2.19. The Balaban J connectivity index is 2.42. The molecule has 5 nitrogen and oxygen atoms in total. The standard InChI is InChI=1S/C14H14N2O3/c1-16-14(10-3-6-12(19-2)7-4-10)11(9-15-16)5-8-13(17)18/h3-9H,1-2H3,(H,17,18). The number of ether oxygens (including phenoxy) is 1. The maximum atomic E-state index is 10.6. The first-order valence-corrected chi connectivity index (χ1v) is 5.69. The van der Waals surface area contributed by atoms with Crippen LogP contribution in [0.25, 0.3) is 17.3 Å². The second-order valence-corrected chi connectivity index (χ2v) is 3.97. The van der Waals surface area contributed by atoms with Crippen LogP contribution in [0.15, 0.2) is 36.5 Å². The third-order valence-electron chi connectivity index (χ3n) is 2.74. The molecule has 1 aromatic carbocycles. The van der Waals surface area contributed by atoms with Crippen LogP contribution in [0.2, 0.25) is 0 Å². The minimum atomic E-state index is -0.982. The van der Waals surface area contributed by atoms with E-state index in [9.17, 15) is 4.79 Å². The van der Waals surface area contributed by atoms with Gasteiger partial charge in [0, 0.05) is 24.3 Å². The molecule has 0 spiro atoms. The minimum absolute atomic E-state index is 0.759. The van der Waals surface area contributed by atoms with Crippen molar-refractivity contribution in [3.63, 3.8) is 0 Å². The lowest BCUT2D eigenvalue weighted by molar-refractivity contribution is -0.131. The molecule has 0 fully saturated rings. The number of aromatic nitrogens is 2. The van der Waals surface area contributed by atoms with E-state index in [1.54, 1.807) is 18.0 Å². The largest absolute Gasteiger partial charge is 0.497 e. The molecule has 0 atom stereocenters. The van der Waals surface area contributed by atoms with Gasteiger partial charge >= 0.3 is 5.97 Å². The van der Waals surface area contributed by atoms with Gasteiger partial charge in [0.1, 0.15) is 5.75 Å². The predicted molar refractivity (Wildman–Crippen MR) is 71.9 cm³/mol. The molecule has 19 heavy (non-hydrogen) atoms. The third kappa shape index (κ3) is 2.82. The van der Waals surface area contributed by atoms with Crippen molar-refractivity contribution in [2.24, 2.45) is 7.05 Å². The first-order valence-electron chi connectivity index (χ1n) is 5.69. The average Bonchev–Trinajstić information content (AvgIpc) is 2.78. The van der Waals surface area contributed by atoms with Crippen molar-refractivity contribution in [2.45, 2.75) is 0 Å². The van der Waals surface area contributed by atoms with Gasteiger partial charge in [-0.25, -0.2) is 4.79 Å². The highest BCUT2D eigenvalue weighted by Crippen LogP contribution is 2.26. The maximum Gasteiger partial charge on any atom is 0.328 e. The van der Waals surface area contributed by atoms with Gasteiger partial charge in [0.25, 0.3) is 0 Å². The number of methoxy groups -OCH3 is 1. The second-order valence-electron chi connectivity index (χ2n) is 3.97. The number of carboxylic acids is 1. The molecule has 0 saturated carbocycles. The number of rotatable bonds is 4. The maximum absolute atomic E-state index is 10.6. The Morgan fingerprint density at radius 3 is 2.63 bits per heavy atom. The van der Waals surface area contributed by atoms with Crippen molar-refractivity contribution in [3.8, 4) is 17.0 Å². The van der Waals surface area contributed by atoms with E-state index in [2.05, 4.69) is 5.10 Å². The summed E-state index contributed by atoms with van der Waals surface area (Å²) in [7, 11) is 3.43. The number of nitrogens with zero attached hydrogens (tertiary/aromatic N) is 2. The summed E-state index contributed by atoms with van der Waals surface area (Å²) in [6.45, 7) is 0. The molecule has 2 aromatic rings. The van der Waals surface area contributed by atoms with Crippen LogP contribution in [0.4, 0.5) is 0 Å². The number of hydrogen-bond donors (Lipinski definition) is 1. The number of aliphatic carboxylic acids is 1. The quantitative estimate of drug-likeness (QED) is 0.854. The van der Waals surface area contributed by atoms with Crippen LogP contribution in [-0.2, 0) is 11.8 Å². The van der Waals surface area contributed by atoms with Crippen molar-refractivity contribution in [1.29, 1.82) is 0 Å². The normalized spacial score (nSPS) is 10.8. The summed E-state index contributed by atoms with van der Waals surface area (Å²) < 4.78 is 6.82. The van der Waals surface area contributed by atoms with Gasteiger partial charge in [0.2, 0.25) is 0 Å². The Morgan fingerprint density at radius 1 is 1.37 bits per heavy atom. The Kier molecular flexibility index (Phi) is 3.66. The molecule has 0 bridgehead atoms. The summed E-state index contributed by atoms with van der Waals surface area (Å²) in [6, 6.07) is 7.53. The molecular weight excluding hydrogens is 244 g/mol. The number of benzene rings is 1. The van der Waals surface area contributed by atoms with Crippen LogP contribution in [0.5, 0.6) is 5.75 Å². The highest BCUT2D eigenvalue weighted by atomic mass is 16.5. The van der Waals surface area contributed by atoms with Crippen molar-refractivity contribution in [2.75, 3.05) is 7.11 Å². The molecule has 1 aromatic heterocycles. The molecule has 0 amide bonds. The van der Waals surface area contributed by atoms with Crippen molar-refractivity contribution in [1.82, 2.24) is 9.78 Å². The molecule has 0 aliphatic heterocycles. The molecule has 0 radical (unpaired) electrons. The SMILES string of the molecule is COc1ccc(-c2c(C=CC(=O)O)cnn2C)cc1. The van der Waals surface area contributed by atoms with Crippen molar-refractivity contribution in [3.05, 3.63) is 42.1 Å². The van der Waals surface area contributed by atoms with Gasteiger partial charge in [-0.05, 0) is 30.3 Å². The monoisotopic (exact) mass is 258 g/mol. The van der Waals surface area contributed by atoms with E-state index in [-0.39, 0.29) is 0 Å². The Labute approximate surface area is 110 Å². The van der Waals surface area contributed by atoms with E-state index in [4.69, 9.17) is 9.84 Å². The van der Waals surface area contributed by atoms with Crippen LogP contribution in [0.1, 0.15) is 5.56 Å². The fourth-order valence-corrected chi connectivity index (χ4v) is 1.84. The zero-order valence-electron chi connectivity index (χ0n) is 10.7. The van der Waals surface area contributed by atoms with E-state index in [1.807, 2.05) is 31.3 Å². The van der Waals surface area contributed by atoms with Gasteiger partial charge in [0.15, 0.2) is 0 Å². The topological polar surface area (TPSA) is 64.3 Å². The average molecular weight is 258 g/mol. The van der Waals surface area contributed by atoms with Crippen LogP contribution in [-0.4, -0.2) is 28.0 Å². The smallest absolute Gasteiger partial charge is 0.328 e. The van der Waals surface area contributed by atoms with E-state index in [0.29, 0.717) is 0 Å².